The number of benzene rings is 1. The first-order valence-corrected chi connectivity index (χ1v) is 4.66. The standard InChI is InChI=1S/C13H12N/c1-2-6-11-7-3-4-8-12(11)13-9-5-10-14-13/h2-5,8-10,14H,1,6H2. The largest absolute Gasteiger partial charge is 0.361 e. The van der Waals surface area contributed by atoms with Crippen LogP contribution in [0.25, 0.3) is 11.3 Å². The summed E-state index contributed by atoms with van der Waals surface area (Å²) in [6, 6.07) is 13.3. The molecule has 2 rings (SSSR count). The van der Waals surface area contributed by atoms with Crippen LogP contribution in [0, 0.1) is 6.07 Å². The molecular formula is C13H12N. The highest BCUT2D eigenvalue weighted by atomic mass is 14.7. The Morgan fingerprint density at radius 3 is 3.00 bits per heavy atom. The van der Waals surface area contributed by atoms with Crippen molar-refractivity contribution in [3.8, 4) is 11.3 Å². The molecule has 2 aromatic rings. The molecule has 0 saturated carbocycles. The van der Waals surface area contributed by atoms with Crippen molar-refractivity contribution in [2.24, 2.45) is 0 Å². The van der Waals surface area contributed by atoms with Gasteiger partial charge in [0.25, 0.3) is 0 Å². The lowest BCUT2D eigenvalue weighted by Gasteiger charge is -2.04. The van der Waals surface area contributed by atoms with Gasteiger partial charge in [-0.1, -0.05) is 24.3 Å². The first-order valence-electron chi connectivity index (χ1n) is 4.66. The number of hydrogen-bond donors (Lipinski definition) is 1. The maximum absolute atomic E-state index is 3.75. The molecule has 1 heteroatoms. The molecule has 1 aromatic carbocycles. The summed E-state index contributed by atoms with van der Waals surface area (Å²) in [6.45, 7) is 3.75. The average Bonchev–Trinajstić information content (AvgIpc) is 2.72. The number of allylic oxidation sites excluding steroid dienone is 1. The predicted molar refractivity (Wildman–Crippen MR) is 59.0 cm³/mol. The molecule has 0 atom stereocenters. The van der Waals surface area contributed by atoms with E-state index < -0.39 is 0 Å². The molecule has 0 amide bonds. The summed E-state index contributed by atoms with van der Waals surface area (Å²) in [5.41, 5.74) is 3.53. The third-order valence-electron chi connectivity index (χ3n) is 2.18. The Hall–Kier alpha value is -1.76. The van der Waals surface area contributed by atoms with Gasteiger partial charge in [0.05, 0.1) is 0 Å². The smallest absolute Gasteiger partial charge is 0.0457 e. The minimum atomic E-state index is 0.856. The van der Waals surface area contributed by atoms with Gasteiger partial charge in [-0.25, -0.2) is 0 Å². The van der Waals surface area contributed by atoms with Crippen LogP contribution in [0.5, 0.6) is 0 Å². The van der Waals surface area contributed by atoms with Crippen LogP contribution in [-0.2, 0) is 6.42 Å². The molecular weight excluding hydrogens is 170 g/mol. The van der Waals surface area contributed by atoms with Crippen molar-refractivity contribution in [1.82, 2.24) is 4.98 Å². The Morgan fingerprint density at radius 2 is 2.29 bits per heavy atom. The Bertz CT molecular complexity index is 413. The van der Waals surface area contributed by atoms with Crippen molar-refractivity contribution in [2.75, 3.05) is 0 Å². The van der Waals surface area contributed by atoms with Gasteiger partial charge in [-0.2, -0.15) is 0 Å². The first-order chi connectivity index (χ1) is 6.92. The van der Waals surface area contributed by atoms with E-state index in [1.807, 2.05) is 30.5 Å². The van der Waals surface area contributed by atoms with E-state index in [4.69, 9.17) is 0 Å². The van der Waals surface area contributed by atoms with Gasteiger partial charge in [0.2, 0.25) is 0 Å². The molecule has 0 unspecified atom stereocenters. The summed E-state index contributed by atoms with van der Waals surface area (Å²) in [7, 11) is 0. The Morgan fingerprint density at radius 1 is 1.36 bits per heavy atom. The van der Waals surface area contributed by atoms with Crippen LogP contribution in [0.4, 0.5) is 0 Å². The Labute approximate surface area is 84.1 Å². The molecule has 0 fully saturated rings. The molecule has 69 valence electrons. The fourth-order valence-corrected chi connectivity index (χ4v) is 1.53. The van der Waals surface area contributed by atoms with Gasteiger partial charge < -0.3 is 4.98 Å². The molecule has 1 heterocycles. The third kappa shape index (κ3) is 1.62. The van der Waals surface area contributed by atoms with Crippen molar-refractivity contribution >= 4 is 0 Å². The van der Waals surface area contributed by atoms with Gasteiger partial charge in [0.15, 0.2) is 0 Å². The molecule has 1 aromatic heterocycles. The fraction of sp³-hybridized carbons (Fsp3) is 0.0769. The second-order valence-electron chi connectivity index (χ2n) is 3.14. The van der Waals surface area contributed by atoms with Gasteiger partial charge in [-0.15, -0.1) is 6.58 Å². The zero-order valence-corrected chi connectivity index (χ0v) is 7.96. The van der Waals surface area contributed by atoms with Gasteiger partial charge >= 0.3 is 0 Å². The number of aromatic nitrogens is 1. The average molecular weight is 182 g/mol. The highest BCUT2D eigenvalue weighted by Crippen LogP contribution is 2.21. The van der Waals surface area contributed by atoms with Crippen LogP contribution in [0.3, 0.4) is 0 Å². The minimum absolute atomic E-state index is 0.856. The van der Waals surface area contributed by atoms with E-state index in [9.17, 15) is 0 Å². The van der Waals surface area contributed by atoms with Crippen molar-refractivity contribution in [1.29, 1.82) is 0 Å². The summed E-state index contributed by atoms with van der Waals surface area (Å²) in [4.78, 5) is 3.20. The monoisotopic (exact) mass is 182 g/mol. The van der Waals surface area contributed by atoms with Gasteiger partial charge in [0.1, 0.15) is 0 Å². The number of nitrogens with one attached hydrogen (secondary N) is 1. The van der Waals surface area contributed by atoms with Crippen molar-refractivity contribution in [3.63, 3.8) is 0 Å². The lowest BCUT2D eigenvalue weighted by atomic mass is 10.0. The fourth-order valence-electron chi connectivity index (χ4n) is 1.53. The van der Waals surface area contributed by atoms with Gasteiger partial charge in [-0.3, -0.25) is 0 Å². The van der Waals surface area contributed by atoms with Crippen LogP contribution in [0.15, 0.2) is 49.2 Å². The molecule has 0 aliphatic carbocycles. The van der Waals surface area contributed by atoms with E-state index in [-0.39, 0.29) is 0 Å². The normalized spacial score (nSPS) is 10.0. The number of hydrogen-bond acceptors (Lipinski definition) is 0. The Kier molecular flexibility index (Phi) is 2.50. The second-order valence-corrected chi connectivity index (χ2v) is 3.14. The van der Waals surface area contributed by atoms with Crippen molar-refractivity contribution < 1.29 is 0 Å². The van der Waals surface area contributed by atoms with Crippen LogP contribution in [-0.4, -0.2) is 4.98 Å². The van der Waals surface area contributed by atoms with Crippen molar-refractivity contribution in [2.45, 2.75) is 6.42 Å². The molecule has 1 radical (unpaired) electrons. The van der Waals surface area contributed by atoms with E-state index in [1.165, 1.54) is 11.1 Å². The van der Waals surface area contributed by atoms with E-state index in [0.717, 1.165) is 12.1 Å². The zero-order valence-electron chi connectivity index (χ0n) is 7.96. The number of H-pyrrole nitrogens is 1. The van der Waals surface area contributed by atoms with Crippen LogP contribution >= 0.6 is 0 Å². The summed E-state index contributed by atoms with van der Waals surface area (Å²) >= 11 is 0. The lowest BCUT2D eigenvalue weighted by Crippen LogP contribution is -1.87. The quantitative estimate of drug-likeness (QED) is 0.701. The Balaban J connectivity index is 2.46. The van der Waals surface area contributed by atoms with Crippen LogP contribution < -0.4 is 0 Å². The van der Waals surface area contributed by atoms with E-state index >= 15 is 0 Å². The third-order valence-corrected chi connectivity index (χ3v) is 2.18. The topological polar surface area (TPSA) is 15.8 Å². The minimum Gasteiger partial charge on any atom is -0.361 e. The molecule has 0 spiro atoms. The van der Waals surface area contributed by atoms with Crippen LogP contribution in [0.2, 0.25) is 0 Å². The highest BCUT2D eigenvalue weighted by Gasteiger charge is 2.02. The molecule has 14 heavy (non-hydrogen) atoms. The van der Waals surface area contributed by atoms with Crippen molar-refractivity contribution in [3.05, 3.63) is 60.8 Å². The summed E-state index contributed by atoms with van der Waals surface area (Å²) < 4.78 is 0. The summed E-state index contributed by atoms with van der Waals surface area (Å²) in [6.07, 6.45) is 4.69. The molecule has 0 aliphatic heterocycles. The maximum atomic E-state index is 3.75. The summed E-state index contributed by atoms with van der Waals surface area (Å²) in [5.74, 6) is 0. The molecule has 1 nitrogen and oxygen atoms in total. The number of rotatable bonds is 3. The molecule has 0 bridgehead atoms. The molecule has 1 N–H and O–H groups in total. The molecule has 0 aliphatic rings. The van der Waals surface area contributed by atoms with E-state index in [1.54, 1.807) is 0 Å². The van der Waals surface area contributed by atoms with Gasteiger partial charge in [0, 0.05) is 17.5 Å². The highest BCUT2D eigenvalue weighted by molar-refractivity contribution is 5.63. The SMILES string of the molecule is C=CCc1[c]cccc1-c1ccc[nH]1. The predicted octanol–water partition coefficient (Wildman–Crippen LogP) is 3.21. The number of aromatic amines is 1. The first kappa shape index (κ1) is 8.82. The lowest BCUT2D eigenvalue weighted by molar-refractivity contribution is 1.26. The van der Waals surface area contributed by atoms with Crippen LogP contribution in [0.1, 0.15) is 5.56 Å². The second kappa shape index (κ2) is 3.97. The molecule has 0 saturated heterocycles. The zero-order chi connectivity index (χ0) is 9.80. The summed E-state index contributed by atoms with van der Waals surface area (Å²) in [5, 5.41) is 0. The van der Waals surface area contributed by atoms with E-state index in [0.29, 0.717) is 0 Å². The maximum Gasteiger partial charge on any atom is 0.0457 e. The van der Waals surface area contributed by atoms with Gasteiger partial charge in [-0.05, 0) is 30.2 Å². The van der Waals surface area contributed by atoms with E-state index in [2.05, 4.69) is 29.8 Å².